The van der Waals surface area contributed by atoms with Crippen LogP contribution in [-0.2, 0) is 4.79 Å². The highest BCUT2D eigenvalue weighted by Gasteiger charge is 2.08. The van der Waals surface area contributed by atoms with Crippen molar-refractivity contribution >= 4 is 11.6 Å². The molecule has 1 unspecified atom stereocenters. The smallest absolute Gasteiger partial charge is 0.226 e. The molecule has 2 N–H and O–H groups in total. The van der Waals surface area contributed by atoms with Crippen molar-refractivity contribution in [3.05, 3.63) is 29.8 Å². The topological polar surface area (TPSA) is 49.3 Å². The van der Waals surface area contributed by atoms with Gasteiger partial charge in [-0.15, -0.1) is 0 Å². The normalized spacial score (nSPS) is 12.6. The molecule has 0 aliphatic rings. The second-order valence-electron chi connectivity index (χ2n) is 3.95. The fourth-order valence-corrected chi connectivity index (χ4v) is 1.16. The molecule has 1 rings (SSSR count). The molecule has 1 atom stereocenters. The van der Waals surface area contributed by atoms with E-state index in [0.29, 0.717) is 0 Å². The molecule has 0 radical (unpaired) electrons. The van der Waals surface area contributed by atoms with Crippen LogP contribution in [0.5, 0.6) is 0 Å². The van der Waals surface area contributed by atoms with E-state index in [9.17, 15) is 9.90 Å². The Balaban J connectivity index is 2.78. The van der Waals surface area contributed by atoms with Gasteiger partial charge >= 0.3 is 0 Å². The molecule has 0 saturated heterocycles. The van der Waals surface area contributed by atoms with Crippen molar-refractivity contribution in [2.45, 2.75) is 26.9 Å². The maximum absolute atomic E-state index is 11.4. The zero-order valence-corrected chi connectivity index (χ0v) is 9.32. The minimum atomic E-state index is -0.513. The van der Waals surface area contributed by atoms with Crippen molar-refractivity contribution in [1.82, 2.24) is 0 Å². The van der Waals surface area contributed by atoms with Crippen LogP contribution in [0.3, 0.4) is 0 Å². The van der Waals surface area contributed by atoms with Crippen molar-refractivity contribution in [2.75, 3.05) is 5.32 Å². The van der Waals surface area contributed by atoms with Crippen molar-refractivity contribution in [3.8, 4) is 0 Å². The standard InChI is InChI=1S/C12H17NO2/c1-8(2)12(15)13-11-6-4-5-10(7-11)9(3)14/h4-9,14H,1-3H3,(H,13,15). The molecule has 0 fully saturated rings. The van der Waals surface area contributed by atoms with Gasteiger partial charge < -0.3 is 10.4 Å². The summed E-state index contributed by atoms with van der Waals surface area (Å²) in [5.74, 6) is -0.0575. The molecule has 0 bridgehead atoms. The van der Waals surface area contributed by atoms with E-state index < -0.39 is 6.10 Å². The Morgan fingerprint density at radius 2 is 2.00 bits per heavy atom. The van der Waals surface area contributed by atoms with Gasteiger partial charge in [-0.1, -0.05) is 26.0 Å². The number of hydrogen-bond donors (Lipinski definition) is 2. The summed E-state index contributed by atoms with van der Waals surface area (Å²) in [5, 5.41) is 12.2. The molecule has 15 heavy (non-hydrogen) atoms. The molecule has 0 aliphatic carbocycles. The number of aliphatic hydroxyl groups is 1. The first-order chi connectivity index (χ1) is 7.00. The van der Waals surface area contributed by atoms with Crippen LogP contribution >= 0.6 is 0 Å². The predicted molar refractivity (Wildman–Crippen MR) is 60.5 cm³/mol. The molecule has 1 amide bonds. The van der Waals surface area contributed by atoms with E-state index in [2.05, 4.69) is 5.32 Å². The van der Waals surface area contributed by atoms with E-state index >= 15 is 0 Å². The van der Waals surface area contributed by atoms with Crippen molar-refractivity contribution in [2.24, 2.45) is 5.92 Å². The van der Waals surface area contributed by atoms with Gasteiger partial charge in [0, 0.05) is 11.6 Å². The molecule has 1 aromatic carbocycles. The molecule has 0 aliphatic heterocycles. The number of rotatable bonds is 3. The van der Waals surface area contributed by atoms with Gasteiger partial charge in [0.1, 0.15) is 0 Å². The van der Waals surface area contributed by atoms with Gasteiger partial charge in [0.05, 0.1) is 6.10 Å². The summed E-state index contributed by atoms with van der Waals surface area (Å²) in [6, 6.07) is 7.24. The predicted octanol–water partition coefficient (Wildman–Crippen LogP) is 2.33. The van der Waals surface area contributed by atoms with Crippen LogP contribution in [0, 0.1) is 5.92 Å². The summed E-state index contributed by atoms with van der Waals surface area (Å²) in [4.78, 5) is 11.4. The molecule has 1 aromatic rings. The Kier molecular flexibility index (Phi) is 3.86. The second kappa shape index (κ2) is 4.94. The monoisotopic (exact) mass is 207 g/mol. The maximum atomic E-state index is 11.4. The van der Waals surface area contributed by atoms with Crippen LogP contribution in [-0.4, -0.2) is 11.0 Å². The fraction of sp³-hybridized carbons (Fsp3) is 0.417. The number of carbonyl (C=O) groups is 1. The molecule has 82 valence electrons. The van der Waals surface area contributed by atoms with Gasteiger partial charge in [0.2, 0.25) is 5.91 Å². The fourth-order valence-electron chi connectivity index (χ4n) is 1.16. The van der Waals surface area contributed by atoms with Gasteiger partial charge in [-0.05, 0) is 24.6 Å². The van der Waals surface area contributed by atoms with Gasteiger partial charge in [-0.2, -0.15) is 0 Å². The Morgan fingerprint density at radius 1 is 1.33 bits per heavy atom. The minimum absolute atomic E-state index is 0.0160. The number of benzene rings is 1. The number of hydrogen-bond acceptors (Lipinski definition) is 2. The first-order valence-electron chi connectivity index (χ1n) is 5.09. The Labute approximate surface area is 90.1 Å². The molecule has 3 heteroatoms. The third kappa shape index (κ3) is 3.36. The minimum Gasteiger partial charge on any atom is -0.389 e. The molecular weight excluding hydrogens is 190 g/mol. The zero-order valence-electron chi connectivity index (χ0n) is 9.32. The summed E-state index contributed by atoms with van der Waals surface area (Å²) < 4.78 is 0. The van der Waals surface area contributed by atoms with E-state index in [0.717, 1.165) is 11.3 Å². The summed E-state index contributed by atoms with van der Waals surface area (Å²) in [7, 11) is 0. The van der Waals surface area contributed by atoms with E-state index in [4.69, 9.17) is 0 Å². The van der Waals surface area contributed by atoms with Crippen LogP contribution in [0.25, 0.3) is 0 Å². The van der Waals surface area contributed by atoms with Crippen LogP contribution in [0.2, 0.25) is 0 Å². The number of amides is 1. The number of nitrogens with one attached hydrogen (secondary N) is 1. The average Bonchev–Trinajstić information content (AvgIpc) is 2.18. The molecule has 0 saturated carbocycles. The lowest BCUT2D eigenvalue weighted by molar-refractivity contribution is -0.118. The van der Waals surface area contributed by atoms with Crippen molar-refractivity contribution in [1.29, 1.82) is 0 Å². The summed E-state index contributed by atoms with van der Waals surface area (Å²) in [5.41, 5.74) is 1.53. The molecular formula is C12H17NO2. The Morgan fingerprint density at radius 3 is 2.53 bits per heavy atom. The molecule has 0 heterocycles. The van der Waals surface area contributed by atoms with E-state index in [1.165, 1.54) is 0 Å². The first-order valence-corrected chi connectivity index (χ1v) is 5.09. The van der Waals surface area contributed by atoms with Gasteiger partial charge in [-0.3, -0.25) is 4.79 Å². The third-order valence-electron chi connectivity index (χ3n) is 2.16. The Hall–Kier alpha value is -1.35. The van der Waals surface area contributed by atoms with Crippen LogP contribution in [0.1, 0.15) is 32.4 Å². The number of aliphatic hydroxyl groups excluding tert-OH is 1. The lowest BCUT2D eigenvalue weighted by Crippen LogP contribution is -2.17. The molecule has 0 aromatic heterocycles. The van der Waals surface area contributed by atoms with Crippen LogP contribution in [0.15, 0.2) is 24.3 Å². The molecule has 3 nitrogen and oxygen atoms in total. The van der Waals surface area contributed by atoms with Crippen LogP contribution in [0.4, 0.5) is 5.69 Å². The largest absolute Gasteiger partial charge is 0.389 e. The van der Waals surface area contributed by atoms with Gasteiger partial charge in [-0.25, -0.2) is 0 Å². The first kappa shape index (κ1) is 11.7. The van der Waals surface area contributed by atoms with E-state index in [1.807, 2.05) is 32.0 Å². The highest BCUT2D eigenvalue weighted by molar-refractivity contribution is 5.92. The van der Waals surface area contributed by atoms with E-state index in [-0.39, 0.29) is 11.8 Å². The third-order valence-corrected chi connectivity index (χ3v) is 2.16. The highest BCUT2D eigenvalue weighted by atomic mass is 16.3. The lowest BCUT2D eigenvalue weighted by Gasteiger charge is -2.10. The summed E-state index contributed by atoms with van der Waals surface area (Å²) in [6.45, 7) is 5.38. The summed E-state index contributed by atoms with van der Waals surface area (Å²) >= 11 is 0. The summed E-state index contributed by atoms with van der Waals surface area (Å²) in [6.07, 6.45) is -0.513. The quantitative estimate of drug-likeness (QED) is 0.799. The number of anilines is 1. The number of carbonyl (C=O) groups excluding carboxylic acids is 1. The van der Waals surface area contributed by atoms with Crippen LogP contribution < -0.4 is 5.32 Å². The van der Waals surface area contributed by atoms with Crippen molar-refractivity contribution in [3.63, 3.8) is 0 Å². The average molecular weight is 207 g/mol. The van der Waals surface area contributed by atoms with Crippen molar-refractivity contribution < 1.29 is 9.90 Å². The van der Waals surface area contributed by atoms with Gasteiger partial charge in [0.25, 0.3) is 0 Å². The highest BCUT2D eigenvalue weighted by Crippen LogP contribution is 2.17. The SMILES string of the molecule is CC(C)C(=O)Nc1cccc(C(C)O)c1. The maximum Gasteiger partial charge on any atom is 0.226 e. The second-order valence-corrected chi connectivity index (χ2v) is 3.95. The zero-order chi connectivity index (χ0) is 11.4. The lowest BCUT2D eigenvalue weighted by atomic mass is 10.1. The van der Waals surface area contributed by atoms with E-state index in [1.54, 1.807) is 13.0 Å². The Bertz CT molecular complexity index is 345. The van der Waals surface area contributed by atoms with Gasteiger partial charge in [0.15, 0.2) is 0 Å². The molecule has 0 spiro atoms.